The van der Waals surface area contributed by atoms with E-state index in [1.165, 1.54) is 24.5 Å². The molecule has 9 heteroatoms. The lowest BCUT2D eigenvalue weighted by atomic mass is 9.98. The van der Waals surface area contributed by atoms with Gasteiger partial charge in [0, 0.05) is 6.54 Å². The molecule has 0 radical (unpaired) electrons. The number of carbonyl (C=O) groups excluding carboxylic acids is 1. The Morgan fingerprint density at radius 3 is 2.87 bits per heavy atom. The highest BCUT2D eigenvalue weighted by atomic mass is 19.4. The molecule has 1 amide bonds. The first-order chi connectivity index (χ1) is 11.0. The molecule has 23 heavy (non-hydrogen) atoms. The fourth-order valence-electron chi connectivity index (χ4n) is 2.59. The van der Waals surface area contributed by atoms with Crippen LogP contribution in [0.2, 0.25) is 0 Å². The maximum absolute atomic E-state index is 12.9. The van der Waals surface area contributed by atoms with Crippen molar-refractivity contribution in [2.45, 2.75) is 31.5 Å². The smallest absolute Gasteiger partial charge is 0.298 e. The van der Waals surface area contributed by atoms with Crippen molar-refractivity contribution in [2.75, 3.05) is 5.43 Å². The minimum absolute atomic E-state index is 0.203. The average molecular weight is 325 g/mol. The van der Waals surface area contributed by atoms with Gasteiger partial charge in [0.25, 0.3) is 0 Å². The summed E-state index contributed by atoms with van der Waals surface area (Å²) in [6.45, 7) is 0.684. The molecule has 122 valence electrons. The Bertz CT molecular complexity index is 712. The molecule has 2 N–H and O–H groups in total. The summed E-state index contributed by atoms with van der Waals surface area (Å²) in [5.41, 5.74) is 3.66. The quantitative estimate of drug-likeness (QED) is 0.850. The Morgan fingerprint density at radius 2 is 2.09 bits per heavy atom. The fraction of sp³-hybridized carbons (Fsp3) is 0.357. The van der Waals surface area contributed by atoms with E-state index < -0.39 is 23.6 Å². The van der Waals surface area contributed by atoms with Crippen LogP contribution in [-0.2, 0) is 17.5 Å². The number of aryl methyl sites for hydroxylation is 1. The molecule has 0 aliphatic carbocycles. The van der Waals surface area contributed by atoms with Crippen LogP contribution in [0.1, 0.15) is 30.1 Å². The molecular weight excluding hydrogens is 311 g/mol. The molecule has 0 saturated heterocycles. The molecule has 0 spiro atoms. The second-order valence-corrected chi connectivity index (χ2v) is 5.19. The topological polar surface area (TPSA) is 71.8 Å². The van der Waals surface area contributed by atoms with Crippen molar-refractivity contribution in [3.63, 3.8) is 0 Å². The number of para-hydroxylation sites is 1. The summed E-state index contributed by atoms with van der Waals surface area (Å²) in [4.78, 5) is 16.3. The first-order valence-electron chi connectivity index (χ1n) is 7.06. The molecule has 1 atom stereocenters. The van der Waals surface area contributed by atoms with Gasteiger partial charge in [-0.1, -0.05) is 12.1 Å². The van der Waals surface area contributed by atoms with Crippen LogP contribution in [0.3, 0.4) is 0 Å². The Hall–Kier alpha value is -2.58. The zero-order valence-electron chi connectivity index (χ0n) is 12.0. The number of aromatic nitrogens is 3. The lowest BCUT2D eigenvalue weighted by molar-refractivity contribution is -0.137. The second-order valence-electron chi connectivity index (χ2n) is 5.19. The summed E-state index contributed by atoms with van der Waals surface area (Å²) in [6, 6.07) is 4.96. The van der Waals surface area contributed by atoms with Gasteiger partial charge in [0.2, 0.25) is 5.91 Å². The molecule has 2 aromatic rings. The molecule has 1 aliphatic heterocycles. The highest BCUT2D eigenvalue weighted by molar-refractivity contribution is 5.84. The highest BCUT2D eigenvalue weighted by Gasteiger charge is 2.34. The van der Waals surface area contributed by atoms with E-state index in [-0.39, 0.29) is 5.69 Å². The van der Waals surface area contributed by atoms with Crippen LogP contribution >= 0.6 is 0 Å². The Balaban J connectivity index is 1.72. The van der Waals surface area contributed by atoms with E-state index in [4.69, 9.17) is 0 Å². The van der Waals surface area contributed by atoms with Crippen molar-refractivity contribution in [2.24, 2.45) is 0 Å². The van der Waals surface area contributed by atoms with Gasteiger partial charge in [-0.2, -0.15) is 18.3 Å². The number of rotatable bonds is 3. The van der Waals surface area contributed by atoms with Crippen molar-refractivity contribution in [1.82, 2.24) is 20.2 Å². The molecule has 1 aromatic heterocycles. The lowest BCUT2D eigenvalue weighted by Crippen LogP contribution is -2.37. The summed E-state index contributed by atoms with van der Waals surface area (Å²) >= 11 is 0. The van der Waals surface area contributed by atoms with Crippen LogP contribution < -0.4 is 10.9 Å². The number of halogens is 3. The molecule has 1 unspecified atom stereocenters. The van der Waals surface area contributed by atoms with Crippen molar-refractivity contribution < 1.29 is 18.0 Å². The first-order valence-corrected chi connectivity index (χ1v) is 7.06. The van der Waals surface area contributed by atoms with Gasteiger partial charge in [-0.15, -0.1) is 0 Å². The van der Waals surface area contributed by atoms with E-state index in [9.17, 15) is 18.0 Å². The number of nitrogens with zero attached hydrogens (tertiary/aromatic N) is 3. The van der Waals surface area contributed by atoms with Gasteiger partial charge >= 0.3 is 6.18 Å². The molecule has 2 heterocycles. The molecule has 1 aromatic carbocycles. The molecule has 0 bridgehead atoms. The van der Waals surface area contributed by atoms with E-state index in [0.29, 0.717) is 18.8 Å². The molecular formula is C14H14F3N5O. The molecule has 1 aliphatic rings. The number of hydrazine groups is 1. The van der Waals surface area contributed by atoms with Crippen LogP contribution in [-0.4, -0.2) is 20.7 Å². The normalized spacial score (nSPS) is 17.4. The van der Waals surface area contributed by atoms with Gasteiger partial charge in [-0.25, -0.2) is 9.67 Å². The van der Waals surface area contributed by atoms with E-state index in [0.717, 1.165) is 12.5 Å². The van der Waals surface area contributed by atoms with Crippen molar-refractivity contribution >= 4 is 11.6 Å². The largest absolute Gasteiger partial charge is 0.418 e. The van der Waals surface area contributed by atoms with Crippen LogP contribution in [0, 0.1) is 0 Å². The third-order valence-electron chi connectivity index (χ3n) is 3.69. The molecule has 0 saturated carbocycles. The number of benzene rings is 1. The van der Waals surface area contributed by atoms with E-state index in [1.807, 2.05) is 0 Å². The summed E-state index contributed by atoms with van der Waals surface area (Å²) < 4.78 is 40.4. The van der Waals surface area contributed by atoms with Gasteiger partial charge < -0.3 is 0 Å². The number of hydrogen-bond donors (Lipinski definition) is 2. The van der Waals surface area contributed by atoms with Crippen LogP contribution in [0.25, 0.3) is 0 Å². The fourth-order valence-corrected chi connectivity index (χ4v) is 2.59. The van der Waals surface area contributed by atoms with Gasteiger partial charge in [-0.05, 0) is 25.0 Å². The number of fused-ring (bicyclic) bond motifs is 1. The number of hydrogen-bond acceptors (Lipinski definition) is 4. The summed E-state index contributed by atoms with van der Waals surface area (Å²) in [5.74, 6) is -0.438. The third kappa shape index (κ3) is 3.13. The zero-order chi connectivity index (χ0) is 16.4. The van der Waals surface area contributed by atoms with Crippen molar-refractivity contribution in [1.29, 1.82) is 0 Å². The third-order valence-corrected chi connectivity index (χ3v) is 3.69. The molecule has 0 fully saturated rings. The van der Waals surface area contributed by atoms with E-state index in [2.05, 4.69) is 20.9 Å². The Labute approximate surface area is 129 Å². The standard InChI is InChI=1S/C14H14F3N5O/c15-14(16,17)10-5-1-2-6-11(10)20-21-13(23)9-4-3-7-22-12(9)18-8-19-22/h1-2,5-6,8-9,20H,3-4,7H2,(H,21,23). The zero-order valence-corrected chi connectivity index (χ0v) is 12.0. The molecule has 6 nitrogen and oxygen atoms in total. The Kier molecular flexibility index (Phi) is 3.93. The van der Waals surface area contributed by atoms with Gasteiger partial charge in [0.1, 0.15) is 12.2 Å². The average Bonchev–Trinajstić information content (AvgIpc) is 3.00. The number of anilines is 1. The highest BCUT2D eigenvalue weighted by Crippen LogP contribution is 2.34. The van der Waals surface area contributed by atoms with Crippen LogP contribution in [0.5, 0.6) is 0 Å². The Morgan fingerprint density at radius 1 is 1.30 bits per heavy atom. The summed E-state index contributed by atoms with van der Waals surface area (Å²) in [5, 5.41) is 4.01. The maximum atomic E-state index is 12.9. The van der Waals surface area contributed by atoms with Crippen LogP contribution in [0.15, 0.2) is 30.6 Å². The molecule has 3 rings (SSSR count). The first kappa shape index (κ1) is 15.3. The predicted molar refractivity (Wildman–Crippen MR) is 75.2 cm³/mol. The minimum atomic E-state index is -4.50. The lowest BCUT2D eigenvalue weighted by Gasteiger charge is -2.22. The SMILES string of the molecule is O=C(NNc1ccccc1C(F)(F)F)C1CCCn2ncnc21. The van der Waals surface area contributed by atoms with Gasteiger partial charge in [0.15, 0.2) is 0 Å². The van der Waals surface area contributed by atoms with E-state index in [1.54, 1.807) is 4.68 Å². The monoisotopic (exact) mass is 325 g/mol. The van der Waals surface area contributed by atoms with Crippen LogP contribution in [0.4, 0.5) is 18.9 Å². The predicted octanol–water partition coefficient (Wildman–Crippen LogP) is 2.32. The number of alkyl halides is 3. The maximum Gasteiger partial charge on any atom is 0.418 e. The minimum Gasteiger partial charge on any atom is -0.298 e. The summed E-state index contributed by atoms with van der Waals surface area (Å²) in [7, 11) is 0. The van der Waals surface area contributed by atoms with Gasteiger partial charge in [0.05, 0.1) is 17.2 Å². The van der Waals surface area contributed by atoms with Gasteiger partial charge in [-0.3, -0.25) is 15.6 Å². The van der Waals surface area contributed by atoms with Crippen molar-refractivity contribution in [3.8, 4) is 0 Å². The van der Waals surface area contributed by atoms with Crippen molar-refractivity contribution in [3.05, 3.63) is 42.0 Å². The second kappa shape index (κ2) is 5.90. The number of carbonyl (C=O) groups is 1. The van der Waals surface area contributed by atoms with E-state index >= 15 is 0 Å². The number of nitrogens with one attached hydrogen (secondary N) is 2. The summed E-state index contributed by atoms with van der Waals surface area (Å²) in [6.07, 6.45) is -1.80. The number of amides is 1.